The van der Waals surface area contributed by atoms with Gasteiger partial charge in [-0.2, -0.15) is 0 Å². The standard InChI is InChI=1S/C19H19N3O4/c23-19(15-4-1-2-5-16(15)22-7-10-24-11-8-22)20-13-14-12-18(26-21-14)17-6-3-9-25-17/h1-6,9,12H,7-8,10-11,13H2,(H,20,23). The van der Waals surface area contributed by atoms with Crippen LogP contribution >= 0.6 is 0 Å². The van der Waals surface area contributed by atoms with Gasteiger partial charge in [-0.1, -0.05) is 17.3 Å². The van der Waals surface area contributed by atoms with Crippen molar-refractivity contribution >= 4 is 11.6 Å². The van der Waals surface area contributed by atoms with Crippen molar-refractivity contribution in [3.8, 4) is 11.5 Å². The number of benzene rings is 1. The molecular formula is C19H19N3O4. The number of anilines is 1. The van der Waals surface area contributed by atoms with Gasteiger partial charge < -0.3 is 23.9 Å². The molecule has 3 aromatic rings. The highest BCUT2D eigenvalue weighted by Gasteiger charge is 2.18. The van der Waals surface area contributed by atoms with Gasteiger partial charge in [-0.25, -0.2) is 0 Å². The number of hydrogen-bond donors (Lipinski definition) is 1. The summed E-state index contributed by atoms with van der Waals surface area (Å²) in [6.45, 7) is 3.18. The highest BCUT2D eigenvalue weighted by atomic mass is 16.5. The number of amides is 1. The zero-order chi connectivity index (χ0) is 17.8. The first-order valence-electron chi connectivity index (χ1n) is 8.50. The van der Waals surface area contributed by atoms with Crippen LogP contribution in [0.1, 0.15) is 16.1 Å². The summed E-state index contributed by atoms with van der Waals surface area (Å²) in [4.78, 5) is 14.8. The minimum Gasteiger partial charge on any atom is -0.461 e. The minimum absolute atomic E-state index is 0.144. The molecule has 7 heteroatoms. The largest absolute Gasteiger partial charge is 0.461 e. The lowest BCUT2D eigenvalue weighted by molar-refractivity contribution is 0.0948. The van der Waals surface area contributed by atoms with E-state index in [0.717, 1.165) is 18.8 Å². The molecule has 1 aliphatic heterocycles. The molecule has 1 aromatic carbocycles. The maximum absolute atomic E-state index is 12.7. The Bertz CT molecular complexity index is 867. The molecule has 134 valence electrons. The first kappa shape index (κ1) is 16.4. The predicted octanol–water partition coefficient (Wildman–Crippen LogP) is 2.70. The van der Waals surface area contributed by atoms with Gasteiger partial charge >= 0.3 is 0 Å². The SMILES string of the molecule is O=C(NCc1cc(-c2ccco2)on1)c1ccccc1N1CCOCC1. The highest BCUT2D eigenvalue weighted by molar-refractivity contribution is 5.99. The first-order valence-corrected chi connectivity index (χ1v) is 8.50. The average Bonchev–Trinajstić information content (AvgIpc) is 3.38. The lowest BCUT2D eigenvalue weighted by Crippen LogP contribution is -2.37. The Balaban J connectivity index is 1.44. The van der Waals surface area contributed by atoms with Crippen LogP contribution in [0.4, 0.5) is 5.69 Å². The summed E-state index contributed by atoms with van der Waals surface area (Å²) >= 11 is 0. The van der Waals surface area contributed by atoms with E-state index in [0.29, 0.717) is 36.0 Å². The second kappa shape index (κ2) is 7.45. The van der Waals surface area contributed by atoms with Gasteiger partial charge in [0.1, 0.15) is 5.69 Å². The Morgan fingerprint density at radius 3 is 2.77 bits per heavy atom. The average molecular weight is 353 g/mol. The molecule has 1 fully saturated rings. The molecule has 0 atom stereocenters. The maximum atomic E-state index is 12.7. The monoisotopic (exact) mass is 353 g/mol. The predicted molar refractivity (Wildman–Crippen MR) is 94.8 cm³/mol. The fourth-order valence-electron chi connectivity index (χ4n) is 2.94. The number of nitrogens with zero attached hydrogens (tertiary/aromatic N) is 2. The molecule has 1 amide bonds. The summed E-state index contributed by atoms with van der Waals surface area (Å²) in [5.41, 5.74) is 2.20. The van der Waals surface area contributed by atoms with Crippen LogP contribution in [-0.2, 0) is 11.3 Å². The van der Waals surface area contributed by atoms with Crippen LogP contribution in [0.2, 0.25) is 0 Å². The summed E-state index contributed by atoms with van der Waals surface area (Å²) < 4.78 is 15.9. The van der Waals surface area contributed by atoms with Crippen molar-refractivity contribution in [1.82, 2.24) is 10.5 Å². The summed E-state index contributed by atoms with van der Waals surface area (Å²) in [6, 6.07) is 12.9. The maximum Gasteiger partial charge on any atom is 0.253 e. The number of rotatable bonds is 5. The Labute approximate surface area is 150 Å². The van der Waals surface area contributed by atoms with E-state index in [4.69, 9.17) is 13.7 Å². The van der Waals surface area contributed by atoms with E-state index in [2.05, 4.69) is 15.4 Å². The highest BCUT2D eigenvalue weighted by Crippen LogP contribution is 2.22. The molecule has 4 rings (SSSR count). The van der Waals surface area contributed by atoms with Gasteiger partial charge in [-0.15, -0.1) is 0 Å². The molecule has 0 radical (unpaired) electrons. The van der Waals surface area contributed by atoms with Gasteiger partial charge in [0.25, 0.3) is 5.91 Å². The number of furan rings is 1. The van der Waals surface area contributed by atoms with Crippen LogP contribution < -0.4 is 10.2 Å². The van der Waals surface area contributed by atoms with Crippen LogP contribution in [0.3, 0.4) is 0 Å². The molecule has 0 spiro atoms. The van der Waals surface area contributed by atoms with Crippen molar-refractivity contribution in [1.29, 1.82) is 0 Å². The number of hydrogen-bond acceptors (Lipinski definition) is 6. The molecule has 2 aromatic heterocycles. The van der Waals surface area contributed by atoms with E-state index in [9.17, 15) is 4.79 Å². The third-order valence-corrected chi connectivity index (χ3v) is 4.25. The number of morpholine rings is 1. The quantitative estimate of drug-likeness (QED) is 0.760. The molecule has 1 N–H and O–H groups in total. The smallest absolute Gasteiger partial charge is 0.253 e. The third-order valence-electron chi connectivity index (χ3n) is 4.25. The number of nitrogens with one attached hydrogen (secondary N) is 1. The van der Waals surface area contributed by atoms with Crippen LogP contribution in [0.25, 0.3) is 11.5 Å². The van der Waals surface area contributed by atoms with E-state index >= 15 is 0 Å². The van der Waals surface area contributed by atoms with Crippen molar-refractivity contribution < 1.29 is 18.5 Å². The number of carbonyl (C=O) groups excluding carboxylic acids is 1. The number of aromatic nitrogens is 1. The Morgan fingerprint density at radius 2 is 1.96 bits per heavy atom. The van der Waals surface area contributed by atoms with Crippen molar-refractivity contribution in [2.24, 2.45) is 0 Å². The number of ether oxygens (including phenoxy) is 1. The van der Waals surface area contributed by atoms with Gasteiger partial charge in [0, 0.05) is 24.8 Å². The van der Waals surface area contributed by atoms with Crippen LogP contribution in [0.5, 0.6) is 0 Å². The Hall–Kier alpha value is -3.06. The molecule has 1 aliphatic rings. The summed E-state index contributed by atoms with van der Waals surface area (Å²) in [7, 11) is 0. The lowest BCUT2D eigenvalue weighted by atomic mass is 10.1. The van der Waals surface area contributed by atoms with Crippen LogP contribution in [0, 0.1) is 0 Å². The topological polar surface area (TPSA) is 80.7 Å². The molecule has 0 aliphatic carbocycles. The van der Waals surface area contributed by atoms with Crippen molar-refractivity contribution in [2.75, 3.05) is 31.2 Å². The van der Waals surface area contributed by atoms with E-state index < -0.39 is 0 Å². The van der Waals surface area contributed by atoms with E-state index in [1.807, 2.05) is 24.3 Å². The van der Waals surface area contributed by atoms with Crippen LogP contribution in [0.15, 0.2) is 57.7 Å². The molecular weight excluding hydrogens is 334 g/mol. The van der Waals surface area contributed by atoms with Gasteiger partial charge in [0.15, 0.2) is 5.76 Å². The van der Waals surface area contributed by atoms with E-state index in [1.54, 1.807) is 24.5 Å². The Morgan fingerprint density at radius 1 is 1.12 bits per heavy atom. The van der Waals surface area contributed by atoms with Crippen LogP contribution in [-0.4, -0.2) is 37.4 Å². The fraction of sp³-hybridized carbons (Fsp3) is 0.263. The van der Waals surface area contributed by atoms with Gasteiger partial charge in [-0.3, -0.25) is 4.79 Å². The van der Waals surface area contributed by atoms with Gasteiger partial charge in [0.05, 0.1) is 31.6 Å². The molecule has 26 heavy (non-hydrogen) atoms. The zero-order valence-electron chi connectivity index (χ0n) is 14.2. The summed E-state index contributed by atoms with van der Waals surface area (Å²) in [5.74, 6) is 0.996. The van der Waals surface area contributed by atoms with E-state index in [-0.39, 0.29) is 12.5 Å². The van der Waals surface area contributed by atoms with Gasteiger partial charge in [0.2, 0.25) is 5.76 Å². The third kappa shape index (κ3) is 3.48. The van der Waals surface area contributed by atoms with E-state index in [1.165, 1.54) is 0 Å². The first-order chi connectivity index (χ1) is 12.8. The molecule has 0 bridgehead atoms. The lowest BCUT2D eigenvalue weighted by Gasteiger charge is -2.30. The zero-order valence-corrected chi connectivity index (χ0v) is 14.2. The molecule has 3 heterocycles. The summed E-state index contributed by atoms with van der Waals surface area (Å²) in [6.07, 6.45) is 1.57. The molecule has 7 nitrogen and oxygen atoms in total. The summed E-state index contributed by atoms with van der Waals surface area (Å²) in [5, 5.41) is 6.88. The second-order valence-corrected chi connectivity index (χ2v) is 5.96. The fourth-order valence-corrected chi connectivity index (χ4v) is 2.94. The molecule has 0 unspecified atom stereocenters. The van der Waals surface area contributed by atoms with Crippen molar-refractivity contribution in [3.63, 3.8) is 0 Å². The minimum atomic E-state index is -0.144. The molecule has 1 saturated heterocycles. The number of para-hydroxylation sites is 1. The Kier molecular flexibility index (Phi) is 4.70. The normalized spacial score (nSPS) is 14.4. The van der Waals surface area contributed by atoms with Gasteiger partial charge in [-0.05, 0) is 24.3 Å². The van der Waals surface area contributed by atoms with Crippen molar-refractivity contribution in [2.45, 2.75) is 6.54 Å². The number of carbonyl (C=O) groups is 1. The molecule has 0 saturated carbocycles. The van der Waals surface area contributed by atoms with Crippen molar-refractivity contribution in [3.05, 3.63) is 60.0 Å². The second-order valence-electron chi connectivity index (χ2n) is 5.96.